The number of hydrogen-bond donors (Lipinski definition) is 0. The molecule has 0 unspecified atom stereocenters. The highest BCUT2D eigenvalue weighted by molar-refractivity contribution is 9.10. The zero-order valence-corrected chi connectivity index (χ0v) is 16.2. The Labute approximate surface area is 151 Å². The number of halogens is 1. The minimum absolute atomic E-state index is 0.256. The SMILES string of the molecule is CC(C)c1nncn1C1CCN(S(=O)(=O)c2cccc(Br)c2)CC1. The number of rotatable bonds is 4. The topological polar surface area (TPSA) is 68.1 Å². The highest BCUT2D eigenvalue weighted by atomic mass is 79.9. The van der Waals surface area contributed by atoms with E-state index in [4.69, 9.17) is 0 Å². The lowest BCUT2D eigenvalue weighted by atomic mass is 10.1. The second-order valence-corrected chi connectivity index (χ2v) is 9.20. The zero-order valence-electron chi connectivity index (χ0n) is 13.8. The molecule has 0 N–H and O–H groups in total. The molecule has 8 heteroatoms. The van der Waals surface area contributed by atoms with Gasteiger partial charge in [0.25, 0.3) is 0 Å². The van der Waals surface area contributed by atoms with Crippen molar-refractivity contribution in [3.8, 4) is 0 Å². The molecule has 0 radical (unpaired) electrons. The molecule has 1 aromatic carbocycles. The first-order valence-electron chi connectivity index (χ1n) is 8.04. The first kappa shape index (κ1) is 17.6. The molecule has 0 aliphatic carbocycles. The van der Waals surface area contributed by atoms with Gasteiger partial charge in [0, 0.05) is 29.5 Å². The maximum Gasteiger partial charge on any atom is 0.243 e. The van der Waals surface area contributed by atoms with Crippen molar-refractivity contribution in [1.29, 1.82) is 0 Å². The van der Waals surface area contributed by atoms with Crippen LogP contribution in [0, 0.1) is 0 Å². The Bertz CT molecular complexity index is 811. The Kier molecular flexibility index (Phi) is 5.08. The maximum absolute atomic E-state index is 12.8. The number of benzene rings is 1. The first-order valence-corrected chi connectivity index (χ1v) is 10.3. The predicted octanol–water partition coefficient (Wildman–Crippen LogP) is 3.19. The number of sulfonamides is 1. The molecule has 1 aliphatic heterocycles. The summed E-state index contributed by atoms with van der Waals surface area (Å²) in [6, 6.07) is 7.12. The van der Waals surface area contributed by atoms with Gasteiger partial charge in [0.1, 0.15) is 12.2 Å². The smallest absolute Gasteiger partial charge is 0.243 e. The lowest BCUT2D eigenvalue weighted by molar-refractivity contribution is 0.269. The van der Waals surface area contributed by atoms with Crippen LogP contribution in [-0.2, 0) is 10.0 Å². The highest BCUT2D eigenvalue weighted by Crippen LogP contribution is 2.29. The van der Waals surface area contributed by atoms with Crippen LogP contribution in [0.5, 0.6) is 0 Å². The lowest BCUT2D eigenvalue weighted by Gasteiger charge is -2.32. The third-order valence-electron chi connectivity index (χ3n) is 4.37. The summed E-state index contributed by atoms with van der Waals surface area (Å²) in [4.78, 5) is 0.336. The first-order chi connectivity index (χ1) is 11.4. The molecule has 0 saturated carbocycles. The molecule has 130 valence electrons. The van der Waals surface area contributed by atoms with Gasteiger partial charge in [-0.15, -0.1) is 10.2 Å². The summed E-state index contributed by atoms with van der Waals surface area (Å²) in [6.07, 6.45) is 3.30. The number of hydrogen-bond acceptors (Lipinski definition) is 4. The minimum atomic E-state index is -3.44. The van der Waals surface area contributed by atoms with Crippen molar-refractivity contribution in [3.05, 3.63) is 40.9 Å². The van der Waals surface area contributed by atoms with E-state index in [1.54, 1.807) is 28.8 Å². The van der Waals surface area contributed by atoms with Crippen LogP contribution in [-0.4, -0.2) is 40.6 Å². The van der Waals surface area contributed by atoms with E-state index in [-0.39, 0.29) is 6.04 Å². The van der Waals surface area contributed by atoms with Crippen molar-refractivity contribution in [2.24, 2.45) is 0 Å². The molecular formula is C16H21BrN4O2S. The van der Waals surface area contributed by atoms with Crippen molar-refractivity contribution in [1.82, 2.24) is 19.1 Å². The molecule has 0 atom stereocenters. The molecule has 1 saturated heterocycles. The summed E-state index contributed by atoms with van der Waals surface area (Å²) in [5.41, 5.74) is 0. The summed E-state index contributed by atoms with van der Waals surface area (Å²) in [6.45, 7) is 5.20. The van der Waals surface area contributed by atoms with Crippen molar-refractivity contribution in [3.63, 3.8) is 0 Å². The molecule has 0 spiro atoms. The van der Waals surface area contributed by atoms with Crippen LogP contribution in [0.25, 0.3) is 0 Å². The van der Waals surface area contributed by atoms with E-state index < -0.39 is 10.0 Å². The lowest BCUT2D eigenvalue weighted by Crippen LogP contribution is -2.39. The fourth-order valence-electron chi connectivity index (χ4n) is 3.08. The van der Waals surface area contributed by atoms with E-state index in [0.29, 0.717) is 23.9 Å². The van der Waals surface area contributed by atoms with Crippen LogP contribution in [0.3, 0.4) is 0 Å². The summed E-state index contributed by atoms with van der Waals surface area (Å²) in [5.74, 6) is 1.26. The fraction of sp³-hybridized carbons (Fsp3) is 0.500. The Balaban J connectivity index is 1.74. The van der Waals surface area contributed by atoms with Gasteiger partial charge < -0.3 is 4.57 Å². The second kappa shape index (κ2) is 6.93. The van der Waals surface area contributed by atoms with Crippen molar-refractivity contribution >= 4 is 26.0 Å². The quantitative estimate of drug-likeness (QED) is 0.772. The van der Waals surface area contributed by atoms with E-state index in [9.17, 15) is 8.42 Å². The monoisotopic (exact) mass is 412 g/mol. The van der Waals surface area contributed by atoms with E-state index in [2.05, 4.69) is 44.5 Å². The van der Waals surface area contributed by atoms with Gasteiger partial charge in [-0.25, -0.2) is 8.42 Å². The van der Waals surface area contributed by atoms with Gasteiger partial charge >= 0.3 is 0 Å². The van der Waals surface area contributed by atoms with E-state index in [1.807, 2.05) is 6.07 Å². The summed E-state index contributed by atoms with van der Waals surface area (Å²) in [7, 11) is -3.44. The molecule has 2 heterocycles. The molecular weight excluding hydrogens is 392 g/mol. The second-order valence-electron chi connectivity index (χ2n) is 6.34. The van der Waals surface area contributed by atoms with Gasteiger partial charge in [-0.05, 0) is 31.0 Å². The van der Waals surface area contributed by atoms with E-state index in [0.717, 1.165) is 23.1 Å². The summed E-state index contributed by atoms with van der Waals surface area (Å²) in [5, 5.41) is 8.21. The number of aromatic nitrogens is 3. The van der Waals surface area contributed by atoms with Crippen LogP contribution >= 0.6 is 15.9 Å². The van der Waals surface area contributed by atoms with E-state index >= 15 is 0 Å². The van der Waals surface area contributed by atoms with E-state index in [1.165, 1.54) is 0 Å². The fourth-order valence-corrected chi connectivity index (χ4v) is 5.15. The standard InChI is InChI=1S/C16H21BrN4O2S/c1-12(2)16-19-18-11-21(16)14-6-8-20(9-7-14)24(22,23)15-5-3-4-13(17)10-15/h3-5,10-12,14H,6-9H2,1-2H3. The molecule has 2 aromatic rings. The molecule has 6 nitrogen and oxygen atoms in total. The van der Waals surface area contributed by atoms with Gasteiger partial charge in [0.2, 0.25) is 10.0 Å². The average molecular weight is 413 g/mol. The summed E-state index contributed by atoms with van der Waals surface area (Å²) < 4.78 is 30.0. The largest absolute Gasteiger partial charge is 0.314 e. The van der Waals surface area contributed by atoms with Crippen molar-refractivity contribution in [2.45, 2.75) is 43.5 Å². The Morgan fingerprint density at radius 3 is 2.58 bits per heavy atom. The van der Waals surface area contributed by atoms with Gasteiger partial charge in [-0.1, -0.05) is 35.8 Å². The minimum Gasteiger partial charge on any atom is -0.314 e. The molecule has 0 amide bonds. The number of nitrogens with zero attached hydrogens (tertiary/aromatic N) is 4. The van der Waals surface area contributed by atoms with Gasteiger partial charge in [0.15, 0.2) is 0 Å². The number of piperidine rings is 1. The van der Waals surface area contributed by atoms with Gasteiger partial charge in [-0.2, -0.15) is 4.31 Å². The van der Waals surface area contributed by atoms with Crippen LogP contribution in [0.4, 0.5) is 0 Å². The molecule has 0 bridgehead atoms. The predicted molar refractivity (Wildman–Crippen MR) is 95.3 cm³/mol. The van der Waals surface area contributed by atoms with Crippen molar-refractivity contribution < 1.29 is 8.42 Å². The molecule has 3 rings (SSSR count). The third kappa shape index (κ3) is 3.41. The van der Waals surface area contributed by atoms with Gasteiger partial charge in [-0.3, -0.25) is 0 Å². The Morgan fingerprint density at radius 2 is 1.96 bits per heavy atom. The Morgan fingerprint density at radius 1 is 1.25 bits per heavy atom. The Hall–Kier alpha value is -1.25. The molecule has 1 aromatic heterocycles. The van der Waals surface area contributed by atoms with Crippen molar-refractivity contribution in [2.75, 3.05) is 13.1 Å². The van der Waals surface area contributed by atoms with Crippen LogP contribution < -0.4 is 0 Å². The van der Waals surface area contributed by atoms with Crippen LogP contribution in [0.15, 0.2) is 40.0 Å². The molecule has 1 aliphatic rings. The normalized spacial score (nSPS) is 17.5. The van der Waals surface area contributed by atoms with Crippen LogP contribution in [0.2, 0.25) is 0 Å². The molecule has 1 fully saturated rings. The zero-order chi connectivity index (χ0) is 17.3. The summed E-state index contributed by atoms with van der Waals surface area (Å²) >= 11 is 3.34. The third-order valence-corrected chi connectivity index (χ3v) is 6.76. The highest BCUT2D eigenvalue weighted by Gasteiger charge is 2.31. The maximum atomic E-state index is 12.8. The van der Waals surface area contributed by atoms with Crippen LogP contribution in [0.1, 0.15) is 44.5 Å². The average Bonchev–Trinajstić information content (AvgIpc) is 3.05. The molecule has 24 heavy (non-hydrogen) atoms. The van der Waals surface area contributed by atoms with Gasteiger partial charge in [0.05, 0.1) is 4.90 Å².